The average molecular weight is 154 g/mol. The van der Waals surface area contributed by atoms with Gasteiger partial charge in [0, 0.05) is 5.92 Å². The average Bonchev–Trinajstić information content (AvgIpc) is 2.17. The lowest BCUT2D eigenvalue weighted by Crippen LogP contribution is -2.27. The van der Waals surface area contributed by atoms with Gasteiger partial charge in [0.15, 0.2) is 0 Å². The number of ether oxygens (including phenoxy) is 1. The van der Waals surface area contributed by atoms with E-state index >= 15 is 0 Å². The minimum Gasteiger partial charge on any atom is -0.462 e. The highest BCUT2D eigenvalue weighted by molar-refractivity contribution is 5.75. The van der Waals surface area contributed by atoms with Gasteiger partial charge in [0.2, 0.25) is 0 Å². The summed E-state index contributed by atoms with van der Waals surface area (Å²) in [4.78, 5) is 11.2. The van der Waals surface area contributed by atoms with Gasteiger partial charge in [-0.15, -0.1) is 0 Å². The van der Waals surface area contributed by atoms with E-state index in [9.17, 15) is 4.79 Å². The van der Waals surface area contributed by atoms with Crippen LogP contribution < -0.4 is 0 Å². The fourth-order valence-electron chi connectivity index (χ4n) is 2.32. The maximum absolute atomic E-state index is 11.2. The van der Waals surface area contributed by atoms with E-state index in [-0.39, 0.29) is 18.0 Å². The molecule has 1 aliphatic heterocycles. The molecule has 2 rings (SSSR count). The van der Waals surface area contributed by atoms with E-state index < -0.39 is 0 Å². The van der Waals surface area contributed by atoms with Gasteiger partial charge in [-0.3, -0.25) is 4.79 Å². The first-order valence-electron chi connectivity index (χ1n) is 4.39. The van der Waals surface area contributed by atoms with Crippen molar-refractivity contribution in [3.05, 3.63) is 0 Å². The van der Waals surface area contributed by atoms with Crippen LogP contribution in [-0.4, -0.2) is 12.1 Å². The normalized spacial score (nSPS) is 49.1. The summed E-state index contributed by atoms with van der Waals surface area (Å²) in [5, 5.41) is 0. The van der Waals surface area contributed by atoms with Gasteiger partial charge in [0.05, 0.1) is 5.92 Å². The minimum atomic E-state index is 0.0480. The number of hydrogen-bond donors (Lipinski definition) is 0. The van der Waals surface area contributed by atoms with Gasteiger partial charge in [-0.1, -0.05) is 13.8 Å². The van der Waals surface area contributed by atoms with E-state index in [0.717, 1.165) is 12.8 Å². The molecule has 2 aliphatic rings. The lowest BCUT2D eigenvalue weighted by molar-refractivity contribution is -0.143. The molecular formula is C9H14O2. The number of fused-ring (bicyclic) bond motifs is 2. The predicted octanol–water partition coefficient (Wildman–Crippen LogP) is 1.59. The first kappa shape index (κ1) is 7.14. The molecule has 0 aromatic carbocycles. The maximum atomic E-state index is 11.2. The summed E-state index contributed by atoms with van der Waals surface area (Å²) in [6, 6.07) is 0. The number of hydrogen-bond acceptors (Lipinski definition) is 2. The monoisotopic (exact) mass is 154 g/mol. The molecule has 1 heterocycles. The van der Waals surface area contributed by atoms with Gasteiger partial charge in [-0.2, -0.15) is 0 Å². The van der Waals surface area contributed by atoms with E-state index in [1.165, 1.54) is 0 Å². The molecular weight excluding hydrogens is 140 g/mol. The smallest absolute Gasteiger partial charge is 0.309 e. The maximum Gasteiger partial charge on any atom is 0.309 e. The van der Waals surface area contributed by atoms with E-state index in [1.807, 2.05) is 0 Å². The molecule has 11 heavy (non-hydrogen) atoms. The molecule has 2 bridgehead atoms. The van der Waals surface area contributed by atoms with Crippen molar-refractivity contribution in [1.82, 2.24) is 0 Å². The fraction of sp³-hybridized carbons (Fsp3) is 0.889. The van der Waals surface area contributed by atoms with Crippen molar-refractivity contribution in [1.29, 1.82) is 0 Å². The Balaban J connectivity index is 2.20. The second kappa shape index (κ2) is 2.23. The summed E-state index contributed by atoms with van der Waals surface area (Å²) in [7, 11) is 0. The third kappa shape index (κ3) is 0.959. The quantitative estimate of drug-likeness (QED) is 0.495. The van der Waals surface area contributed by atoms with Crippen LogP contribution in [0.25, 0.3) is 0 Å². The highest BCUT2D eigenvalue weighted by atomic mass is 16.6. The van der Waals surface area contributed by atoms with Crippen LogP contribution in [-0.2, 0) is 9.53 Å². The van der Waals surface area contributed by atoms with Crippen LogP contribution in [0.4, 0.5) is 0 Å². The van der Waals surface area contributed by atoms with Gasteiger partial charge >= 0.3 is 5.97 Å². The number of carbonyl (C=O) groups excluding carboxylic acids is 1. The molecule has 0 aromatic rings. The van der Waals surface area contributed by atoms with E-state index in [0.29, 0.717) is 11.8 Å². The van der Waals surface area contributed by atoms with Crippen molar-refractivity contribution >= 4 is 5.97 Å². The van der Waals surface area contributed by atoms with Crippen LogP contribution in [0.1, 0.15) is 26.7 Å². The summed E-state index contributed by atoms with van der Waals surface area (Å²) in [5.41, 5.74) is 0. The van der Waals surface area contributed by atoms with E-state index in [2.05, 4.69) is 13.8 Å². The summed E-state index contributed by atoms with van der Waals surface area (Å²) in [6.45, 7) is 4.33. The molecule has 0 aromatic heterocycles. The number of esters is 1. The molecule has 2 fully saturated rings. The van der Waals surface area contributed by atoms with Crippen molar-refractivity contribution in [3.63, 3.8) is 0 Å². The molecule has 1 saturated carbocycles. The molecule has 0 radical (unpaired) electrons. The molecule has 1 aliphatic carbocycles. The topological polar surface area (TPSA) is 26.3 Å². The van der Waals surface area contributed by atoms with Crippen molar-refractivity contribution in [2.24, 2.45) is 17.8 Å². The Morgan fingerprint density at radius 1 is 1.36 bits per heavy atom. The van der Waals surface area contributed by atoms with Crippen LogP contribution in [0.5, 0.6) is 0 Å². The second-order valence-corrected chi connectivity index (χ2v) is 4.02. The Morgan fingerprint density at radius 3 is 2.73 bits per heavy atom. The van der Waals surface area contributed by atoms with Gasteiger partial charge < -0.3 is 4.74 Å². The van der Waals surface area contributed by atoms with Gasteiger partial charge in [0.1, 0.15) is 6.10 Å². The molecule has 4 unspecified atom stereocenters. The summed E-state index contributed by atoms with van der Waals surface area (Å²) in [6.07, 6.45) is 2.34. The third-order valence-corrected chi connectivity index (χ3v) is 3.08. The van der Waals surface area contributed by atoms with Crippen molar-refractivity contribution < 1.29 is 9.53 Å². The largest absolute Gasteiger partial charge is 0.462 e. The fourth-order valence-corrected chi connectivity index (χ4v) is 2.32. The summed E-state index contributed by atoms with van der Waals surface area (Å²) in [5.74, 6) is 1.40. The van der Waals surface area contributed by atoms with Crippen LogP contribution in [0, 0.1) is 17.8 Å². The van der Waals surface area contributed by atoms with E-state index in [4.69, 9.17) is 4.74 Å². The zero-order valence-electron chi connectivity index (χ0n) is 7.04. The Kier molecular flexibility index (Phi) is 1.44. The standard InChI is InChI=1S/C9H14O2/c1-5-3-7-6(2)8(4-5)11-9(7)10/h5-8H,3-4H2,1-2H3. The van der Waals surface area contributed by atoms with Crippen LogP contribution in [0.3, 0.4) is 0 Å². The SMILES string of the molecule is CC1CC2OC(=O)C(C1)C2C. The van der Waals surface area contributed by atoms with Crippen molar-refractivity contribution in [3.8, 4) is 0 Å². The van der Waals surface area contributed by atoms with Crippen molar-refractivity contribution in [2.75, 3.05) is 0 Å². The lowest BCUT2D eigenvalue weighted by atomic mass is 9.76. The Labute approximate surface area is 66.9 Å². The molecule has 4 atom stereocenters. The molecule has 0 N–H and O–H groups in total. The van der Waals surface area contributed by atoms with E-state index in [1.54, 1.807) is 0 Å². The highest BCUT2D eigenvalue weighted by Crippen LogP contribution is 2.41. The van der Waals surface area contributed by atoms with Crippen molar-refractivity contribution in [2.45, 2.75) is 32.8 Å². The lowest BCUT2D eigenvalue weighted by Gasteiger charge is -2.26. The van der Waals surface area contributed by atoms with Crippen LogP contribution in [0.15, 0.2) is 0 Å². The summed E-state index contributed by atoms with van der Waals surface area (Å²) < 4.78 is 5.23. The van der Waals surface area contributed by atoms with Gasteiger partial charge in [-0.25, -0.2) is 0 Å². The zero-order valence-corrected chi connectivity index (χ0v) is 7.04. The number of carbonyl (C=O) groups is 1. The van der Waals surface area contributed by atoms with Gasteiger partial charge in [0.25, 0.3) is 0 Å². The first-order valence-corrected chi connectivity index (χ1v) is 4.39. The Hall–Kier alpha value is -0.530. The minimum absolute atomic E-state index is 0.0480. The third-order valence-electron chi connectivity index (χ3n) is 3.08. The summed E-state index contributed by atoms with van der Waals surface area (Å²) >= 11 is 0. The predicted molar refractivity (Wildman–Crippen MR) is 40.9 cm³/mol. The highest BCUT2D eigenvalue weighted by Gasteiger charge is 2.46. The van der Waals surface area contributed by atoms with Crippen LogP contribution >= 0.6 is 0 Å². The molecule has 0 amide bonds. The molecule has 2 nitrogen and oxygen atoms in total. The molecule has 62 valence electrons. The number of rotatable bonds is 0. The van der Waals surface area contributed by atoms with Crippen LogP contribution in [0.2, 0.25) is 0 Å². The Morgan fingerprint density at radius 2 is 2.09 bits per heavy atom. The molecule has 2 heteroatoms. The Bertz CT molecular complexity index is 188. The molecule has 1 saturated heterocycles. The molecule has 0 spiro atoms. The van der Waals surface area contributed by atoms with Gasteiger partial charge in [-0.05, 0) is 18.8 Å². The zero-order chi connectivity index (χ0) is 8.01. The first-order chi connectivity index (χ1) is 5.18. The second-order valence-electron chi connectivity index (χ2n) is 4.02.